The number of carbonyl (C=O) groups excluding carboxylic acids is 1. The first-order valence-corrected chi connectivity index (χ1v) is 19.7. The van der Waals surface area contributed by atoms with Crippen LogP contribution in [-0.2, 0) is 9.53 Å². The van der Waals surface area contributed by atoms with E-state index in [2.05, 4.69) is 107 Å². The molecular weight excluding hydrogens is 574 g/mol. The lowest BCUT2D eigenvalue weighted by Crippen LogP contribution is -2.20. The fraction of sp³-hybridized carbons (Fsp3) is 0.705. The van der Waals surface area contributed by atoms with Crippen LogP contribution in [0.5, 0.6) is 0 Å². The Balaban J connectivity index is 4.26. The molecule has 1 atom stereocenters. The quantitative estimate of drug-likeness (QED) is 0.0402. The minimum atomic E-state index is -0.0154. The third-order valence-electron chi connectivity index (χ3n) is 8.44. The zero-order valence-electron chi connectivity index (χ0n) is 31.9. The maximum atomic E-state index is 12.5. The Morgan fingerprint density at radius 3 is 1.55 bits per heavy atom. The van der Waals surface area contributed by atoms with Gasteiger partial charge in [-0.05, 0) is 137 Å². The second kappa shape index (κ2) is 36.7. The van der Waals surface area contributed by atoms with Crippen LogP contribution in [0.2, 0.25) is 0 Å². The molecule has 270 valence electrons. The van der Waals surface area contributed by atoms with E-state index in [9.17, 15) is 4.79 Å². The molecule has 0 saturated heterocycles. The van der Waals surface area contributed by atoms with Crippen molar-refractivity contribution in [1.82, 2.24) is 4.90 Å². The number of hydrogen-bond acceptors (Lipinski definition) is 3. The fourth-order valence-electron chi connectivity index (χ4n) is 5.44. The average Bonchev–Trinajstić information content (AvgIpc) is 3.05. The summed E-state index contributed by atoms with van der Waals surface area (Å²) < 4.78 is 5.99. The Labute approximate surface area is 293 Å². The lowest BCUT2D eigenvalue weighted by molar-refractivity contribution is -0.150. The van der Waals surface area contributed by atoms with Gasteiger partial charge in [-0.1, -0.05) is 125 Å². The summed E-state index contributed by atoms with van der Waals surface area (Å²) >= 11 is 0. The summed E-state index contributed by atoms with van der Waals surface area (Å²) in [5, 5.41) is 0. The number of allylic oxidation sites excluding steroid dienone is 12. The molecule has 0 heterocycles. The van der Waals surface area contributed by atoms with E-state index in [-0.39, 0.29) is 12.1 Å². The van der Waals surface area contributed by atoms with Crippen molar-refractivity contribution in [3.05, 3.63) is 72.4 Å². The second-order valence-electron chi connectivity index (χ2n) is 13.6. The predicted molar refractivity (Wildman–Crippen MR) is 210 cm³/mol. The largest absolute Gasteiger partial charge is 0.462 e. The van der Waals surface area contributed by atoms with Gasteiger partial charge in [0.15, 0.2) is 0 Å². The maximum absolute atomic E-state index is 12.5. The van der Waals surface area contributed by atoms with Crippen LogP contribution < -0.4 is 0 Å². The molecule has 0 N–H and O–H groups in total. The van der Waals surface area contributed by atoms with Crippen molar-refractivity contribution in [2.24, 2.45) is 0 Å². The average molecular weight is 652 g/mol. The van der Waals surface area contributed by atoms with E-state index in [1.165, 1.54) is 82.6 Å². The van der Waals surface area contributed by atoms with Gasteiger partial charge in [0.05, 0.1) is 0 Å². The standard InChI is InChI=1S/C44H77NO2/c1-6-8-10-12-14-16-17-18-19-20-21-22-24-26-28-33-38-43(47-44(46)40-35-41-45(4)5)39-34-30-29-32-37-42(3)36-31-27-25-23-15-13-11-9-7-2/h14-16,18-19,21-23,27,31,37,43H,6-13,17,20,24-26,28-30,32-36,38-41H2,1-5H3. The van der Waals surface area contributed by atoms with Crippen LogP contribution in [0.15, 0.2) is 72.4 Å². The summed E-state index contributed by atoms with van der Waals surface area (Å²) in [5.74, 6) is -0.0154. The molecule has 0 aromatic rings. The predicted octanol–water partition coefficient (Wildman–Crippen LogP) is 13.6. The fourth-order valence-corrected chi connectivity index (χ4v) is 5.44. The van der Waals surface area contributed by atoms with Gasteiger partial charge >= 0.3 is 5.97 Å². The van der Waals surface area contributed by atoms with Gasteiger partial charge in [0.1, 0.15) is 6.10 Å². The summed E-state index contributed by atoms with van der Waals surface area (Å²) in [5.41, 5.74) is 1.46. The third-order valence-corrected chi connectivity index (χ3v) is 8.44. The van der Waals surface area contributed by atoms with E-state index in [0.29, 0.717) is 6.42 Å². The molecule has 0 bridgehead atoms. The van der Waals surface area contributed by atoms with Crippen LogP contribution in [0.25, 0.3) is 0 Å². The van der Waals surface area contributed by atoms with Gasteiger partial charge in [0, 0.05) is 6.42 Å². The van der Waals surface area contributed by atoms with Crippen molar-refractivity contribution in [2.75, 3.05) is 20.6 Å². The second-order valence-corrected chi connectivity index (χ2v) is 13.6. The van der Waals surface area contributed by atoms with Gasteiger partial charge in [-0.15, -0.1) is 0 Å². The SMILES string of the molecule is CCCCCC=CCC=CCC=CCCCCCC(CCCCCC=C(C)CC=CCC=CCCCCC)OC(=O)CCCN(C)C. The first kappa shape index (κ1) is 44.9. The molecule has 0 spiro atoms. The highest BCUT2D eigenvalue weighted by atomic mass is 16.5. The van der Waals surface area contributed by atoms with Gasteiger partial charge < -0.3 is 9.64 Å². The normalized spacial score (nSPS) is 13.5. The Morgan fingerprint density at radius 1 is 0.574 bits per heavy atom. The van der Waals surface area contributed by atoms with Gasteiger partial charge in [-0.2, -0.15) is 0 Å². The van der Waals surface area contributed by atoms with Gasteiger partial charge in [-0.3, -0.25) is 4.79 Å². The lowest BCUT2D eigenvalue weighted by atomic mass is 10.0. The summed E-state index contributed by atoms with van der Waals surface area (Å²) in [6.45, 7) is 7.69. The van der Waals surface area contributed by atoms with Crippen molar-refractivity contribution in [1.29, 1.82) is 0 Å². The molecule has 3 heteroatoms. The molecule has 0 saturated carbocycles. The molecule has 0 fully saturated rings. The Kier molecular flexibility index (Phi) is 35.0. The van der Waals surface area contributed by atoms with Crippen LogP contribution in [0, 0.1) is 0 Å². The number of ether oxygens (including phenoxy) is 1. The van der Waals surface area contributed by atoms with Crippen molar-refractivity contribution in [3.8, 4) is 0 Å². The molecule has 0 amide bonds. The summed E-state index contributed by atoms with van der Waals surface area (Å²) in [4.78, 5) is 14.7. The van der Waals surface area contributed by atoms with Crippen molar-refractivity contribution in [2.45, 2.75) is 181 Å². The topological polar surface area (TPSA) is 29.5 Å². The maximum Gasteiger partial charge on any atom is 0.306 e. The van der Waals surface area contributed by atoms with E-state index in [0.717, 1.165) is 77.2 Å². The van der Waals surface area contributed by atoms with E-state index in [1.807, 2.05) is 0 Å². The third kappa shape index (κ3) is 36.6. The number of unbranched alkanes of at least 4 members (excludes halogenated alkanes) is 12. The monoisotopic (exact) mass is 652 g/mol. The number of carbonyl (C=O) groups is 1. The highest BCUT2D eigenvalue weighted by Gasteiger charge is 2.14. The highest BCUT2D eigenvalue weighted by molar-refractivity contribution is 5.69. The summed E-state index contributed by atoms with van der Waals surface area (Å²) in [6.07, 6.45) is 52.8. The zero-order chi connectivity index (χ0) is 34.5. The molecule has 0 aliphatic rings. The van der Waals surface area contributed by atoms with Crippen LogP contribution in [-0.4, -0.2) is 37.6 Å². The zero-order valence-corrected chi connectivity index (χ0v) is 31.9. The smallest absolute Gasteiger partial charge is 0.306 e. The molecule has 0 aliphatic carbocycles. The van der Waals surface area contributed by atoms with Crippen LogP contribution in [0.1, 0.15) is 175 Å². The molecule has 3 nitrogen and oxygen atoms in total. The van der Waals surface area contributed by atoms with Gasteiger partial charge in [-0.25, -0.2) is 0 Å². The first-order chi connectivity index (χ1) is 23.0. The molecule has 47 heavy (non-hydrogen) atoms. The van der Waals surface area contributed by atoms with Crippen LogP contribution >= 0.6 is 0 Å². The van der Waals surface area contributed by atoms with Gasteiger partial charge in [0.25, 0.3) is 0 Å². The molecule has 0 aliphatic heterocycles. The van der Waals surface area contributed by atoms with Crippen molar-refractivity contribution >= 4 is 5.97 Å². The molecular formula is C44H77NO2. The van der Waals surface area contributed by atoms with Gasteiger partial charge in [0.2, 0.25) is 0 Å². The minimum Gasteiger partial charge on any atom is -0.462 e. The number of rotatable bonds is 33. The Hall–Kier alpha value is -2.13. The molecule has 0 aromatic heterocycles. The molecule has 0 radical (unpaired) electrons. The van der Waals surface area contributed by atoms with E-state index in [4.69, 9.17) is 4.74 Å². The Bertz CT molecular complexity index is 860. The molecule has 0 aromatic carbocycles. The highest BCUT2D eigenvalue weighted by Crippen LogP contribution is 2.17. The lowest BCUT2D eigenvalue weighted by Gasteiger charge is -2.18. The molecule has 1 unspecified atom stereocenters. The van der Waals surface area contributed by atoms with E-state index < -0.39 is 0 Å². The Morgan fingerprint density at radius 2 is 1.04 bits per heavy atom. The number of nitrogens with zero attached hydrogens (tertiary/aromatic N) is 1. The van der Waals surface area contributed by atoms with E-state index in [1.54, 1.807) is 0 Å². The van der Waals surface area contributed by atoms with Crippen molar-refractivity contribution < 1.29 is 9.53 Å². The summed E-state index contributed by atoms with van der Waals surface area (Å²) in [7, 11) is 4.11. The summed E-state index contributed by atoms with van der Waals surface area (Å²) in [6, 6.07) is 0. The van der Waals surface area contributed by atoms with Crippen molar-refractivity contribution in [3.63, 3.8) is 0 Å². The van der Waals surface area contributed by atoms with Crippen LogP contribution in [0.3, 0.4) is 0 Å². The van der Waals surface area contributed by atoms with Crippen LogP contribution in [0.4, 0.5) is 0 Å². The number of esters is 1. The minimum absolute atomic E-state index is 0.0154. The first-order valence-electron chi connectivity index (χ1n) is 19.7. The molecule has 0 rings (SSSR count). The van der Waals surface area contributed by atoms with E-state index >= 15 is 0 Å². The number of hydrogen-bond donors (Lipinski definition) is 0.